The molecule has 0 bridgehead atoms. The van der Waals surface area contributed by atoms with Crippen molar-refractivity contribution in [2.75, 3.05) is 98.7 Å². The Kier molecular flexibility index (Phi) is 42.0. The molecule has 1 heterocycles. The Bertz CT molecular complexity index is 3700. The Labute approximate surface area is 745 Å². The molecule has 34 heteroatoms. The third-order valence-electron chi connectivity index (χ3n) is 22.9. The zero-order valence-electron chi connectivity index (χ0n) is 79.7. The number of hydrogen-bond acceptors (Lipinski definition) is 24. The monoisotopic (exact) mass is 1780 g/mol. The molecule has 6 unspecified atom stereocenters. The van der Waals surface area contributed by atoms with Gasteiger partial charge in [-0.15, -0.1) is 0 Å². The maximum absolute atomic E-state index is 14.0. The number of nitrogens with zero attached hydrogens (tertiary/aromatic N) is 6. The van der Waals surface area contributed by atoms with Gasteiger partial charge < -0.3 is 78.6 Å². The summed E-state index contributed by atoms with van der Waals surface area (Å²) in [6, 6.07) is 0. The number of alkyl carbamates (subject to hydrolysis) is 4. The first kappa shape index (κ1) is 109. The van der Waals surface area contributed by atoms with Crippen molar-refractivity contribution in [3.63, 3.8) is 0 Å². The number of aromatic nitrogens is 3. The van der Waals surface area contributed by atoms with Gasteiger partial charge in [-0.3, -0.25) is 24.0 Å². The maximum Gasteiger partial charge on any atom is 0.408 e. The van der Waals surface area contributed by atoms with Gasteiger partial charge in [0.15, 0.2) is 0 Å². The van der Waals surface area contributed by atoms with Gasteiger partial charge >= 0.3 is 71.3 Å². The summed E-state index contributed by atoms with van der Waals surface area (Å²) in [5.41, 5.74) is -5.93. The third kappa shape index (κ3) is 39.0. The summed E-state index contributed by atoms with van der Waals surface area (Å²) < 4.78 is 50.2. The average Bonchev–Trinajstić information content (AvgIpc) is 0.797. The van der Waals surface area contributed by atoms with Crippen LogP contribution in [0, 0.1) is 50.2 Å². The Morgan fingerprint density at radius 3 is 0.833 bits per heavy atom. The van der Waals surface area contributed by atoms with Crippen LogP contribution in [0.1, 0.15) is 274 Å². The number of amides is 7. The largest absolute Gasteiger partial charge is 0.466 e. The summed E-state index contributed by atoms with van der Waals surface area (Å²) in [5.74, 6) is -3.35. The zero-order chi connectivity index (χ0) is 95.2. The number of carbonyl (C=O) groups is 12. The second-order valence-electron chi connectivity index (χ2n) is 41.4. The third-order valence-corrected chi connectivity index (χ3v) is 22.9. The number of ether oxygens (including phenoxy) is 9. The molecular formula is C92H152N10O24. The molecule has 126 heavy (non-hydrogen) atoms. The van der Waals surface area contributed by atoms with E-state index in [4.69, 9.17) is 42.6 Å². The molecule has 3 saturated carbocycles. The van der Waals surface area contributed by atoms with E-state index in [9.17, 15) is 71.9 Å². The molecule has 7 amide bonds. The lowest BCUT2D eigenvalue weighted by molar-refractivity contribution is -0.145. The van der Waals surface area contributed by atoms with Crippen molar-refractivity contribution in [2.24, 2.45) is 50.2 Å². The maximum atomic E-state index is 14.0. The first-order valence-corrected chi connectivity index (χ1v) is 44.5. The molecule has 0 radical (unpaired) electrons. The van der Waals surface area contributed by atoms with E-state index in [0.717, 1.165) is 38.5 Å². The van der Waals surface area contributed by atoms with Gasteiger partial charge in [-0.25, -0.2) is 61.6 Å². The molecular weight excluding hydrogens is 1630 g/mol. The van der Waals surface area contributed by atoms with Crippen LogP contribution in [-0.2, 0) is 101 Å². The molecule has 0 saturated heterocycles. The molecule has 1 aromatic heterocycles. The Morgan fingerprint density at radius 1 is 0.349 bits per heavy atom. The smallest absolute Gasteiger partial charge is 0.408 e. The predicted octanol–water partition coefficient (Wildman–Crippen LogP) is 12.1. The molecule has 34 nitrogen and oxygen atoms in total. The van der Waals surface area contributed by atoms with Crippen LogP contribution >= 0.6 is 0 Å². The first-order chi connectivity index (χ1) is 58.3. The lowest BCUT2D eigenvalue weighted by Crippen LogP contribution is -2.56. The van der Waals surface area contributed by atoms with Crippen molar-refractivity contribution in [2.45, 2.75) is 310 Å². The average molecular weight is 1780 g/mol. The molecule has 4 rings (SSSR count). The topological polar surface area (TPSA) is 412 Å². The predicted molar refractivity (Wildman–Crippen MR) is 474 cm³/mol. The molecule has 0 aromatic carbocycles. The van der Waals surface area contributed by atoms with Gasteiger partial charge in [-0.05, 0) is 230 Å². The van der Waals surface area contributed by atoms with Crippen molar-refractivity contribution in [1.29, 1.82) is 0 Å². The van der Waals surface area contributed by atoms with Crippen molar-refractivity contribution in [3.8, 4) is 0 Å². The van der Waals surface area contributed by atoms with E-state index >= 15 is 0 Å². The second kappa shape index (κ2) is 48.6. The van der Waals surface area contributed by atoms with Crippen LogP contribution in [0.4, 0.5) is 19.2 Å². The molecule has 714 valence electrons. The Balaban J connectivity index is 1.32. The van der Waals surface area contributed by atoms with Gasteiger partial charge in [0, 0.05) is 85.3 Å². The number of nitrogens with one attached hydrogen (secondary N) is 4. The van der Waals surface area contributed by atoms with Gasteiger partial charge in [0.2, 0.25) is 17.7 Å². The van der Waals surface area contributed by atoms with E-state index in [-0.39, 0.29) is 215 Å². The van der Waals surface area contributed by atoms with Crippen LogP contribution in [0.3, 0.4) is 0 Å². The molecule has 3 aliphatic carbocycles. The van der Waals surface area contributed by atoms with Crippen molar-refractivity contribution in [3.05, 3.63) is 67.9 Å². The standard InChI is InChI=1S/C92H152N10O24/c1-63(2)74(108)120-44-35-100(84(7,8)9)69(103)47-66-50-87(16,17)56-90(22,53-66)59-93-77(111)123-40-27-25-38-118-72(106)31-33-97-81(115)98(34-32-73(107)119-39-26-28-41-124-78(112)94-60-91(23)54-67(51-88(18,19)57-91)48-70(104)101(85(10,11)12)36-45-121-75(109)64(3)4)83(117)99(82(97)116)62-96-80(114)126-43-30-29-42-125-79(113)95-61-92(24)55-68(52-89(20,21)58-92)49-71(105)102(86(13,14)15)37-46-122-76(110)65(5)6/h66-68H,1,3,5,25-62H2,2,4,6-24H3,(H,93,111)(H,94,112)(H,95,113)(H,96,114). The van der Waals surface area contributed by atoms with Crippen LogP contribution in [0.15, 0.2) is 50.8 Å². The van der Waals surface area contributed by atoms with Crippen LogP contribution in [0.5, 0.6) is 0 Å². The van der Waals surface area contributed by atoms with Gasteiger partial charge in [0.25, 0.3) is 0 Å². The molecule has 1 aromatic rings. The molecule has 3 fully saturated rings. The number of rotatable bonds is 47. The van der Waals surface area contributed by atoms with Gasteiger partial charge in [0.05, 0.1) is 72.1 Å². The van der Waals surface area contributed by atoms with Crippen LogP contribution < -0.4 is 38.3 Å². The fourth-order valence-corrected chi connectivity index (χ4v) is 18.6. The summed E-state index contributed by atoms with van der Waals surface area (Å²) in [7, 11) is 0. The number of esters is 5. The number of hydrogen-bond donors (Lipinski definition) is 4. The summed E-state index contributed by atoms with van der Waals surface area (Å²) in [5, 5.41) is 11.0. The van der Waals surface area contributed by atoms with Gasteiger partial charge in [-0.2, -0.15) is 0 Å². The minimum absolute atomic E-state index is 0.0103. The molecule has 0 spiro atoms. The minimum Gasteiger partial charge on any atom is -0.466 e. The molecule has 3 aliphatic rings. The highest BCUT2D eigenvalue weighted by Crippen LogP contribution is 2.52. The summed E-state index contributed by atoms with van der Waals surface area (Å²) >= 11 is 0. The van der Waals surface area contributed by atoms with E-state index < -0.39 is 121 Å². The SMILES string of the molecule is C=C(C)C(=O)OCCN(C(=O)CC1CC(C)(C)CC(C)(CNC(=O)OCCCCOC(=O)CCn2c(=O)n(CCC(=O)OCCCCOC(=O)NCC3(C)CC(CC(=O)N(CCOC(=O)C(=C)C)C(C)(C)C)CC(C)(C)C3)c(=O)n(CNC(=O)OCCCCOC(=O)NCC3(C)CC(CC(=O)N(CCOC(=O)C(=C)C)C(C)(C)C)CC(C)(C)C3)c2=O)C1)C(C)(C)C. The van der Waals surface area contributed by atoms with Gasteiger partial charge in [0.1, 0.15) is 26.5 Å². The lowest BCUT2D eigenvalue weighted by Gasteiger charge is -2.47. The second-order valence-corrected chi connectivity index (χ2v) is 41.4. The molecule has 0 aliphatic heterocycles. The fraction of sp³-hybridized carbons (Fsp3) is 0.772. The molecule has 4 N–H and O–H groups in total. The van der Waals surface area contributed by atoms with Crippen LogP contribution in [-0.4, -0.2) is 216 Å². The van der Waals surface area contributed by atoms with Crippen molar-refractivity contribution < 1.29 is 100 Å². The zero-order valence-corrected chi connectivity index (χ0v) is 79.7. The van der Waals surface area contributed by atoms with Crippen LogP contribution in [0.2, 0.25) is 0 Å². The fourth-order valence-electron chi connectivity index (χ4n) is 18.6. The van der Waals surface area contributed by atoms with E-state index in [2.05, 4.69) is 103 Å². The Morgan fingerprint density at radius 2 is 0.587 bits per heavy atom. The van der Waals surface area contributed by atoms with E-state index in [1.165, 1.54) is 0 Å². The van der Waals surface area contributed by atoms with Gasteiger partial charge in [-0.1, -0.05) is 82.1 Å². The summed E-state index contributed by atoms with van der Waals surface area (Å²) in [6.45, 7) is 51.1. The highest BCUT2D eigenvalue weighted by Gasteiger charge is 2.47. The van der Waals surface area contributed by atoms with E-state index in [0.29, 0.717) is 58.9 Å². The minimum atomic E-state index is -1.21. The summed E-state index contributed by atoms with van der Waals surface area (Å²) in [4.78, 5) is 204. The number of carbonyl (C=O) groups excluding carboxylic acids is 12. The van der Waals surface area contributed by atoms with E-state index in [1.54, 1.807) is 35.5 Å². The molecule has 6 atom stereocenters. The van der Waals surface area contributed by atoms with Crippen LogP contribution in [0.25, 0.3) is 0 Å². The summed E-state index contributed by atoms with van der Waals surface area (Å²) in [6.07, 6.45) is 5.09. The highest BCUT2D eigenvalue weighted by atomic mass is 16.6. The normalized spacial score (nSPS) is 20.1. The lowest BCUT2D eigenvalue weighted by atomic mass is 9.60. The Hall–Kier alpha value is -9.53. The highest BCUT2D eigenvalue weighted by molar-refractivity contribution is 5.88. The van der Waals surface area contributed by atoms with Crippen molar-refractivity contribution >= 4 is 71.9 Å². The first-order valence-electron chi connectivity index (χ1n) is 44.5. The van der Waals surface area contributed by atoms with E-state index in [1.807, 2.05) is 62.3 Å². The number of unbranched alkanes of at least 4 members (excludes halogenated alkanes) is 3. The van der Waals surface area contributed by atoms with Crippen molar-refractivity contribution in [1.82, 2.24) is 49.7 Å². The quantitative estimate of drug-likeness (QED) is 0.0204.